The number of hydrogen-bond acceptors (Lipinski definition) is 7. The number of hydrogen-bond donors (Lipinski definition) is 2. The van der Waals surface area contributed by atoms with Gasteiger partial charge in [0.05, 0.1) is 7.11 Å². The molecule has 0 spiro atoms. The zero-order valence-corrected chi connectivity index (χ0v) is 21.4. The quantitative estimate of drug-likeness (QED) is 0.712. The van der Waals surface area contributed by atoms with Crippen LogP contribution in [0.25, 0.3) is 0 Å². The zero-order valence-electron chi connectivity index (χ0n) is 21.4. The highest BCUT2D eigenvalue weighted by molar-refractivity contribution is 5.79. The number of ketones is 1. The number of nitrogens with two attached hydrogens (primary N) is 1. The molecule has 1 aromatic carbocycles. The smallest absolute Gasteiger partial charge is 0.135 e. The van der Waals surface area contributed by atoms with Crippen LogP contribution in [0, 0.1) is 0 Å². The van der Waals surface area contributed by atoms with E-state index < -0.39 is 0 Å². The topological polar surface area (TPSA) is 74.1 Å². The Kier molecular flexibility index (Phi) is 12.9. The van der Waals surface area contributed by atoms with Crippen LogP contribution in [0.15, 0.2) is 24.3 Å². The number of carbonyl (C=O) groups is 1. The average Bonchev–Trinajstić information content (AvgIpc) is 2.84. The molecule has 188 valence electrons. The van der Waals surface area contributed by atoms with Crippen molar-refractivity contribution in [3.63, 3.8) is 0 Å². The van der Waals surface area contributed by atoms with Gasteiger partial charge in [-0.3, -0.25) is 4.79 Å². The van der Waals surface area contributed by atoms with Crippen LogP contribution in [0.2, 0.25) is 0 Å². The summed E-state index contributed by atoms with van der Waals surface area (Å²) in [6, 6.07) is 9.44. The van der Waals surface area contributed by atoms with Crippen molar-refractivity contribution in [1.29, 1.82) is 0 Å². The third-order valence-electron chi connectivity index (χ3n) is 6.78. The summed E-state index contributed by atoms with van der Waals surface area (Å²) in [6.45, 7) is 7.65. The largest absolute Gasteiger partial charge is 0.497 e. The van der Waals surface area contributed by atoms with E-state index in [-0.39, 0.29) is 0 Å². The van der Waals surface area contributed by atoms with E-state index in [9.17, 15) is 4.79 Å². The lowest BCUT2D eigenvalue weighted by molar-refractivity contribution is -0.121. The third kappa shape index (κ3) is 12.0. The molecule has 0 amide bonds. The number of ether oxygens (including phenoxy) is 1. The Labute approximate surface area is 201 Å². The van der Waals surface area contributed by atoms with Crippen molar-refractivity contribution in [1.82, 2.24) is 20.0 Å². The van der Waals surface area contributed by atoms with Crippen LogP contribution in [0.1, 0.15) is 44.1 Å². The molecule has 3 saturated heterocycles. The van der Waals surface area contributed by atoms with Crippen LogP contribution in [0.4, 0.5) is 0 Å². The Morgan fingerprint density at radius 1 is 0.848 bits per heavy atom. The Morgan fingerprint density at radius 3 is 1.79 bits per heavy atom. The third-order valence-corrected chi connectivity index (χ3v) is 6.78. The first-order valence-corrected chi connectivity index (χ1v) is 12.5. The molecule has 4 rings (SSSR count). The average molecular weight is 462 g/mol. The van der Waals surface area contributed by atoms with Gasteiger partial charge in [0.15, 0.2) is 0 Å². The van der Waals surface area contributed by atoms with E-state index in [0.29, 0.717) is 17.9 Å². The summed E-state index contributed by atoms with van der Waals surface area (Å²) in [5.74, 6) is 1.34. The number of piperidine rings is 3. The summed E-state index contributed by atoms with van der Waals surface area (Å²) in [4.78, 5) is 17.5. The first-order valence-electron chi connectivity index (χ1n) is 12.5. The molecule has 0 saturated carbocycles. The molecule has 3 N–H and O–H groups in total. The van der Waals surface area contributed by atoms with Gasteiger partial charge in [0.1, 0.15) is 11.5 Å². The number of nitrogens with one attached hydrogen (secondary N) is 1. The van der Waals surface area contributed by atoms with Gasteiger partial charge in [-0.1, -0.05) is 12.1 Å². The van der Waals surface area contributed by atoms with Crippen molar-refractivity contribution in [3.05, 3.63) is 29.8 Å². The number of carbonyl (C=O) groups excluding carboxylic acids is 1. The molecule has 3 aliphatic heterocycles. The highest BCUT2D eigenvalue weighted by atomic mass is 16.5. The molecule has 7 heteroatoms. The second-order valence-corrected chi connectivity index (χ2v) is 9.79. The van der Waals surface area contributed by atoms with Crippen LogP contribution < -0.4 is 15.8 Å². The summed E-state index contributed by atoms with van der Waals surface area (Å²) < 4.78 is 5.15. The number of likely N-dealkylation sites (tertiary alicyclic amines) is 3. The Hall–Kier alpha value is -1.51. The lowest BCUT2D eigenvalue weighted by atomic mass is 10.1. The van der Waals surface area contributed by atoms with Crippen LogP contribution in [-0.2, 0) is 11.3 Å². The summed E-state index contributed by atoms with van der Waals surface area (Å²) in [5.41, 5.74) is 6.99. The van der Waals surface area contributed by atoms with E-state index in [4.69, 9.17) is 10.5 Å². The van der Waals surface area contributed by atoms with E-state index >= 15 is 0 Å². The second kappa shape index (κ2) is 15.4. The van der Waals surface area contributed by atoms with Crippen molar-refractivity contribution in [2.75, 3.05) is 67.5 Å². The van der Waals surface area contributed by atoms with Gasteiger partial charge >= 0.3 is 0 Å². The first kappa shape index (κ1) is 27.7. The maximum Gasteiger partial charge on any atom is 0.135 e. The Bertz CT molecular complexity index is 633. The van der Waals surface area contributed by atoms with Gasteiger partial charge < -0.3 is 30.5 Å². The molecule has 3 fully saturated rings. The van der Waals surface area contributed by atoms with Crippen molar-refractivity contribution in [3.8, 4) is 5.75 Å². The molecule has 0 aromatic heterocycles. The number of benzene rings is 1. The van der Waals surface area contributed by atoms with E-state index in [1.165, 1.54) is 57.4 Å². The van der Waals surface area contributed by atoms with E-state index in [1.807, 2.05) is 19.2 Å². The summed E-state index contributed by atoms with van der Waals surface area (Å²) in [6.07, 6.45) is 6.39. The monoisotopic (exact) mass is 461 g/mol. The summed E-state index contributed by atoms with van der Waals surface area (Å²) in [5, 5.41) is 3.63. The highest BCUT2D eigenvalue weighted by Gasteiger charge is 2.15. The van der Waals surface area contributed by atoms with Crippen molar-refractivity contribution >= 4 is 5.78 Å². The van der Waals surface area contributed by atoms with Gasteiger partial charge in [-0.2, -0.15) is 0 Å². The standard InChI is InChI=1S/C14H22N2O.C6H14N2.C6H11NO/c1-16-9-7-13(8-10-16)15-11-12-3-5-14(17-2)6-4-12;1-8-4-2-6(7)3-5-8;1-7-4-2-6(8)3-5-7/h3-6,13,15H,7-11H2,1-2H3;6H,2-5,7H2,1H3;2-5H2,1H3. The lowest BCUT2D eigenvalue weighted by Crippen LogP contribution is -2.40. The predicted molar refractivity (Wildman–Crippen MR) is 137 cm³/mol. The Balaban J connectivity index is 0.000000200. The molecular formula is C26H47N5O2. The fraction of sp³-hybridized carbons (Fsp3) is 0.731. The number of rotatable bonds is 4. The number of Topliss-reactive ketones (excluding diaryl/α,β-unsaturated/α-hetero) is 1. The fourth-order valence-electron chi connectivity index (χ4n) is 4.11. The number of nitrogens with zero attached hydrogens (tertiary/aromatic N) is 3. The molecular weight excluding hydrogens is 414 g/mol. The molecule has 7 nitrogen and oxygen atoms in total. The fourth-order valence-corrected chi connectivity index (χ4v) is 4.11. The van der Waals surface area contributed by atoms with E-state index in [2.05, 4.69) is 46.2 Å². The molecule has 0 unspecified atom stereocenters. The normalized spacial score (nSPS) is 21.5. The van der Waals surface area contributed by atoms with Gasteiger partial charge in [0.2, 0.25) is 0 Å². The van der Waals surface area contributed by atoms with Crippen LogP contribution in [0.3, 0.4) is 0 Å². The van der Waals surface area contributed by atoms with Crippen LogP contribution in [-0.4, -0.2) is 100 Å². The predicted octanol–water partition coefficient (Wildman–Crippen LogP) is 2.20. The molecule has 3 aliphatic rings. The molecule has 1 aromatic rings. The van der Waals surface area contributed by atoms with Gasteiger partial charge in [0.25, 0.3) is 0 Å². The minimum atomic E-state index is 0.420. The van der Waals surface area contributed by atoms with E-state index in [1.54, 1.807) is 7.11 Å². The maximum absolute atomic E-state index is 10.6. The van der Waals surface area contributed by atoms with Crippen LogP contribution in [0.5, 0.6) is 5.75 Å². The van der Waals surface area contributed by atoms with Crippen molar-refractivity contribution < 1.29 is 9.53 Å². The molecule has 0 aliphatic carbocycles. The molecule has 0 bridgehead atoms. The molecule has 0 atom stereocenters. The second-order valence-electron chi connectivity index (χ2n) is 9.79. The zero-order chi connectivity index (χ0) is 24.1. The summed E-state index contributed by atoms with van der Waals surface area (Å²) in [7, 11) is 8.09. The molecule has 0 radical (unpaired) electrons. The molecule has 33 heavy (non-hydrogen) atoms. The van der Waals surface area contributed by atoms with Crippen molar-refractivity contribution in [2.45, 2.75) is 57.2 Å². The lowest BCUT2D eigenvalue weighted by Gasteiger charge is -2.29. The van der Waals surface area contributed by atoms with Gasteiger partial charge in [-0.25, -0.2) is 0 Å². The summed E-state index contributed by atoms with van der Waals surface area (Å²) >= 11 is 0. The van der Waals surface area contributed by atoms with E-state index in [0.717, 1.165) is 38.2 Å². The minimum Gasteiger partial charge on any atom is -0.497 e. The molecule has 3 heterocycles. The first-order chi connectivity index (χ1) is 15.9. The van der Waals surface area contributed by atoms with Gasteiger partial charge in [-0.05, 0) is 90.7 Å². The van der Waals surface area contributed by atoms with Gasteiger partial charge in [0, 0.05) is 44.6 Å². The van der Waals surface area contributed by atoms with Crippen molar-refractivity contribution in [2.24, 2.45) is 5.73 Å². The Morgan fingerprint density at radius 2 is 1.33 bits per heavy atom. The van der Waals surface area contributed by atoms with Gasteiger partial charge in [-0.15, -0.1) is 0 Å². The highest BCUT2D eigenvalue weighted by Crippen LogP contribution is 2.13. The van der Waals surface area contributed by atoms with Crippen LogP contribution >= 0.6 is 0 Å². The maximum atomic E-state index is 10.6. The SMILES string of the molecule is CN1CCC(=O)CC1.CN1CCC(N)CC1.COc1ccc(CNC2CCN(C)CC2)cc1. The number of methoxy groups -OCH3 is 1. The minimum absolute atomic E-state index is 0.420.